The molecule has 7 heteroatoms. The highest BCUT2D eigenvalue weighted by Gasteiger charge is 2.22. The highest BCUT2D eigenvalue weighted by molar-refractivity contribution is 5.93. The first-order valence-electron chi connectivity index (χ1n) is 9.87. The van der Waals surface area contributed by atoms with Crippen LogP contribution >= 0.6 is 12.4 Å². The summed E-state index contributed by atoms with van der Waals surface area (Å²) in [5.74, 6) is 0.827. The lowest BCUT2D eigenvalue weighted by Gasteiger charge is -2.31. The van der Waals surface area contributed by atoms with E-state index in [1.165, 1.54) is 19.3 Å². The number of piperidine rings is 1. The lowest BCUT2D eigenvalue weighted by Crippen LogP contribution is -2.39. The zero-order valence-corrected chi connectivity index (χ0v) is 17.9. The number of nitrogens with one attached hydrogen (secondary N) is 2. The minimum absolute atomic E-state index is 0. The summed E-state index contributed by atoms with van der Waals surface area (Å²) in [5.41, 5.74) is 3.63. The van der Waals surface area contributed by atoms with E-state index in [-0.39, 0.29) is 18.3 Å². The predicted molar refractivity (Wildman–Crippen MR) is 117 cm³/mol. The molecule has 0 aliphatic carbocycles. The van der Waals surface area contributed by atoms with Crippen molar-refractivity contribution in [2.45, 2.75) is 33.1 Å². The van der Waals surface area contributed by atoms with Gasteiger partial charge in [0.25, 0.3) is 0 Å². The number of amides is 1. The number of carbonyl (C=O) groups is 1. The largest absolute Gasteiger partial charge is 0.322 e. The summed E-state index contributed by atoms with van der Waals surface area (Å²) in [6.45, 7) is 7.47. The van der Waals surface area contributed by atoms with E-state index in [4.69, 9.17) is 0 Å². The van der Waals surface area contributed by atoms with Crippen molar-refractivity contribution in [1.29, 1.82) is 0 Å². The average molecular weight is 406 g/mol. The van der Waals surface area contributed by atoms with Gasteiger partial charge in [-0.1, -0.05) is 18.2 Å². The fourth-order valence-corrected chi connectivity index (χ4v) is 3.81. The van der Waals surface area contributed by atoms with Gasteiger partial charge in [-0.25, -0.2) is 4.68 Å². The van der Waals surface area contributed by atoms with E-state index in [1.807, 2.05) is 55.9 Å². The van der Waals surface area contributed by atoms with E-state index in [9.17, 15) is 4.79 Å². The number of aromatic nitrogens is 2. The third kappa shape index (κ3) is 5.56. The van der Waals surface area contributed by atoms with Crippen molar-refractivity contribution >= 4 is 24.0 Å². The van der Waals surface area contributed by atoms with Gasteiger partial charge in [0, 0.05) is 0 Å². The Morgan fingerprint density at radius 1 is 1.18 bits per heavy atom. The third-order valence-electron chi connectivity index (χ3n) is 5.43. The van der Waals surface area contributed by atoms with Crippen LogP contribution in [0.15, 0.2) is 30.3 Å². The van der Waals surface area contributed by atoms with Crippen molar-refractivity contribution in [3.8, 4) is 5.69 Å². The van der Waals surface area contributed by atoms with Crippen molar-refractivity contribution in [3.63, 3.8) is 0 Å². The molecule has 0 saturated carbocycles. The smallest absolute Gasteiger partial charge is 0.238 e. The van der Waals surface area contributed by atoms with Crippen LogP contribution in [-0.2, 0) is 4.79 Å². The number of para-hydroxylation sites is 1. The summed E-state index contributed by atoms with van der Waals surface area (Å²) in [4.78, 5) is 14.8. The SMILES string of the molecule is CNCCC1CCN(CC(=O)Nc2c(C)nn(-c3ccccc3)c2C)CC1.Cl. The number of anilines is 1. The summed E-state index contributed by atoms with van der Waals surface area (Å²) in [6.07, 6.45) is 3.59. The van der Waals surface area contributed by atoms with Crippen molar-refractivity contribution in [3.05, 3.63) is 41.7 Å². The zero-order valence-electron chi connectivity index (χ0n) is 17.1. The van der Waals surface area contributed by atoms with E-state index in [0.717, 1.165) is 48.3 Å². The predicted octanol–water partition coefficient (Wildman–Crippen LogP) is 3.17. The molecule has 3 rings (SSSR count). The molecule has 2 N–H and O–H groups in total. The van der Waals surface area contributed by atoms with Gasteiger partial charge >= 0.3 is 0 Å². The average Bonchev–Trinajstić information content (AvgIpc) is 2.96. The Morgan fingerprint density at radius 2 is 1.86 bits per heavy atom. The molecule has 2 aromatic rings. The molecular formula is C21H32ClN5O. The first kappa shape index (κ1) is 22.4. The molecule has 6 nitrogen and oxygen atoms in total. The number of hydrogen-bond acceptors (Lipinski definition) is 4. The maximum Gasteiger partial charge on any atom is 0.238 e. The summed E-state index contributed by atoms with van der Waals surface area (Å²) in [7, 11) is 2.00. The Morgan fingerprint density at radius 3 is 2.50 bits per heavy atom. The third-order valence-corrected chi connectivity index (χ3v) is 5.43. The second kappa shape index (κ2) is 10.6. The fourth-order valence-electron chi connectivity index (χ4n) is 3.81. The highest BCUT2D eigenvalue weighted by atomic mass is 35.5. The van der Waals surface area contributed by atoms with Crippen molar-refractivity contribution < 1.29 is 4.79 Å². The van der Waals surface area contributed by atoms with E-state index >= 15 is 0 Å². The van der Waals surface area contributed by atoms with Crippen LogP contribution in [0.1, 0.15) is 30.7 Å². The zero-order chi connectivity index (χ0) is 19.2. The molecule has 1 amide bonds. The van der Waals surface area contributed by atoms with Gasteiger partial charge in [-0.05, 0) is 77.8 Å². The monoisotopic (exact) mass is 405 g/mol. The maximum absolute atomic E-state index is 12.6. The van der Waals surface area contributed by atoms with E-state index in [1.54, 1.807) is 0 Å². The minimum atomic E-state index is 0. The molecule has 0 atom stereocenters. The number of hydrogen-bond donors (Lipinski definition) is 2. The van der Waals surface area contributed by atoms with Crippen LogP contribution in [0.4, 0.5) is 5.69 Å². The number of nitrogens with zero attached hydrogens (tertiary/aromatic N) is 3. The first-order valence-corrected chi connectivity index (χ1v) is 9.87. The van der Waals surface area contributed by atoms with Gasteiger partial charge in [0.1, 0.15) is 0 Å². The van der Waals surface area contributed by atoms with Crippen LogP contribution in [0.5, 0.6) is 0 Å². The lowest BCUT2D eigenvalue weighted by molar-refractivity contribution is -0.117. The molecule has 1 saturated heterocycles. The first-order chi connectivity index (χ1) is 13.1. The number of rotatable bonds is 7. The lowest BCUT2D eigenvalue weighted by atomic mass is 9.93. The molecule has 0 radical (unpaired) electrons. The number of benzene rings is 1. The van der Waals surface area contributed by atoms with Gasteiger partial charge in [0.15, 0.2) is 0 Å². The van der Waals surface area contributed by atoms with Crippen LogP contribution in [-0.4, -0.2) is 53.8 Å². The van der Waals surface area contributed by atoms with E-state index in [2.05, 4.69) is 20.6 Å². The number of carbonyl (C=O) groups excluding carboxylic acids is 1. The van der Waals surface area contributed by atoms with Crippen molar-refractivity contribution in [2.75, 3.05) is 38.5 Å². The molecular weight excluding hydrogens is 374 g/mol. The van der Waals surface area contributed by atoms with Gasteiger partial charge < -0.3 is 10.6 Å². The molecule has 154 valence electrons. The standard InChI is InChI=1S/C21H31N5O.ClH/c1-16-21(17(2)26(24-16)19-7-5-4-6-8-19)23-20(27)15-25-13-10-18(11-14-25)9-12-22-3;/h4-8,18,22H,9-15H2,1-3H3,(H,23,27);1H. The Kier molecular flexibility index (Phi) is 8.48. The Bertz CT molecular complexity index is 754. The summed E-state index contributed by atoms with van der Waals surface area (Å²) in [6, 6.07) is 10.0. The second-order valence-electron chi connectivity index (χ2n) is 7.45. The fraction of sp³-hybridized carbons (Fsp3) is 0.524. The molecule has 28 heavy (non-hydrogen) atoms. The maximum atomic E-state index is 12.6. The van der Waals surface area contributed by atoms with Gasteiger partial charge in [0.05, 0.1) is 29.3 Å². The van der Waals surface area contributed by atoms with Gasteiger partial charge in [0.2, 0.25) is 5.91 Å². The van der Waals surface area contributed by atoms with Gasteiger partial charge in [-0.2, -0.15) is 5.10 Å². The quantitative estimate of drug-likeness (QED) is 0.742. The molecule has 1 aromatic heterocycles. The van der Waals surface area contributed by atoms with Crippen LogP contribution in [0.3, 0.4) is 0 Å². The number of halogens is 1. The number of aryl methyl sites for hydroxylation is 1. The van der Waals surface area contributed by atoms with Crippen LogP contribution in [0.25, 0.3) is 5.69 Å². The van der Waals surface area contributed by atoms with E-state index in [0.29, 0.717) is 6.54 Å². The van der Waals surface area contributed by atoms with Gasteiger partial charge in [-0.3, -0.25) is 9.69 Å². The highest BCUT2D eigenvalue weighted by Crippen LogP contribution is 2.23. The second-order valence-corrected chi connectivity index (χ2v) is 7.45. The molecule has 1 aliphatic heterocycles. The number of likely N-dealkylation sites (tertiary alicyclic amines) is 1. The van der Waals surface area contributed by atoms with Crippen LogP contribution in [0, 0.1) is 19.8 Å². The molecule has 0 unspecified atom stereocenters. The molecule has 0 bridgehead atoms. The molecule has 1 aromatic carbocycles. The Balaban J connectivity index is 0.00000280. The summed E-state index contributed by atoms with van der Waals surface area (Å²) < 4.78 is 1.89. The summed E-state index contributed by atoms with van der Waals surface area (Å²) >= 11 is 0. The van der Waals surface area contributed by atoms with Crippen LogP contribution < -0.4 is 10.6 Å². The Labute approximate surface area is 174 Å². The topological polar surface area (TPSA) is 62.2 Å². The summed E-state index contributed by atoms with van der Waals surface area (Å²) in [5, 5.41) is 10.9. The Hall–Kier alpha value is -1.89. The normalized spacial score (nSPS) is 15.2. The van der Waals surface area contributed by atoms with E-state index < -0.39 is 0 Å². The molecule has 0 spiro atoms. The molecule has 1 fully saturated rings. The molecule has 2 heterocycles. The minimum Gasteiger partial charge on any atom is -0.322 e. The molecule has 1 aliphatic rings. The van der Waals surface area contributed by atoms with Crippen LogP contribution in [0.2, 0.25) is 0 Å². The van der Waals surface area contributed by atoms with Crippen molar-refractivity contribution in [2.24, 2.45) is 5.92 Å². The van der Waals surface area contributed by atoms with Gasteiger partial charge in [-0.15, -0.1) is 12.4 Å². The van der Waals surface area contributed by atoms with Crippen molar-refractivity contribution in [1.82, 2.24) is 20.0 Å².